The molecular weight excluding hydrogens is 185 g/mol. The van der Waals surface area contributed by atoms with Crippen molar-refractivity contribution in [2.75, 3.05) is 5.32 Å². The predicted molar refractivity (Wildman–Crippen MR) is 51.4 cm³/mol. The van der Waals surface area contributed by atoms with E-state index in [9.17, 15) is 9.18 Å². The number of nitrogens with one attached hydrogen (secondary N) is 1. The number of rotatable bonds is 3. The largest absolute Gasteiger partial charge is 0.478 e. The van der Waals surface area contributed by atoms with Crippen molar-refractivity contribution in [1.29, 1.82) is 0 Å². The van der Waals surface area contributed by atoms with Gasteiger partial charge in [0.25, 0.3) is 0 Å². The van der Waals surface area contributed by atoms with Crippen LogP contribution in [0, 0.1) is 5.82 Å². The highest BCUT2D eigenvalue weighted by Crippen LogP contribution is 2.10. The fourth-order valence-corrected chi connectivity index (χ4v) is 0.982. The summed E-state index contributed by atoms with van der Waals surface area (Å²) in [4.78, 5) is 10.3. The van der Waals surface area contributed by atoms with Gasteiger partial charge in [-0.3, -0.25) is 0 Å². The van der Waals surface area contributed by atoms with E-state index in [0.717, 1.165) is 6.08 Å². The number of benzene rings is 1. The van der Waals surface area contributed by atoms with Crippen LogP contribution in [0.5, 0.6) is 0 Å². The van der Waals surface area contributed by atoms with Gasteiger partial charge in [0.1, 0.15) is 5.82 Å². The first-order chi connectivity index (χ1) is 6.58. The molecule has 4 heteroatoms. The van der Waals surface area contributed by atoms with Crippen LogP contribution >= 0.6 is 0 Å². The molecule has 0 bridgehead atoms. The molecule has 0 saturated heterocycles. The Morgan fingerprint density at radius 3 is 2.50 bits per heavy atom. The van der Waals surface area contributed by atoms with Crippen molar-refractivity contribution in [3.05, 3.63) is 41.9 Å². The number of hydrogen-bond acceptors (Lipinski definition) is 2. The third-order valence-electron chi connectivity index (χ3n) is 1.53. The zero-order valence-corrected chi connectivity index (χ0v) is 7.62. The van der Waals surface area contributed by atoms with Crippen molar-refractivity contribution in [2.24, 2.45) is 0 Å². The maximum absolute atomic E-state index is 12.5. The summed E-state index contributed by atoms with van der Waals surface area (Å²) in [5.74, 6) is -1.34. The lowest BCUT2D eigenvalue weighted by molar-refractivity contribution is -0.131. The van der Waals surface area contributed by atoms with Gasteiger partial charge in [-0.1, -0.05) is 0 Å². The molecule has 0 unspecified atom stereocenters. The highest BCUT2D eigenvalue weighted by molar-refractivity contribution is 5.81. The summed E-state index contributed by atoms with van der Waals surface area (Å²) in [6.07, 6.45) is 1.04. The number of anilines is 1. The zero-order chi connectivity index (χ0) is 10.6. The molecule has 0 aliphatic rings. The van der Waals surface area contributed by atoms with Gasteiger partial charge in [0.15, 0.2) is 0 Å². The molecule has 0 spiro atoms. The maximum Gasteiger partial charge on any atom is 0.330 e. The van der Waals surface area contributed by atoms with E-state index in [1.807, 2.05) is 0 Å². The van der Waals surface area contributed by atoms with Crippen molar-refractivity contribution in [3.8, 4) is 0 Å². The maximum atomic E-state index is 12.5. The van der Waals surface area contributed by atoms with Crippen LogP contribution < -0.4 is 5.32 Å². The number of carbonyl (C=O) groups is 1. The second-order valence-corrected chi connectivity index (χ2v) is 2.80. The van der Waals surface area contributed by atoms with E-state index < -0.39 is 5.97 Å². The minimum absolute atomic E-state index is 0.324. The summed E-state index contributed by atoms with van der Waals surface area (Å²) >= 11 is 0. The predicted octanol–water partition coefficient (Wildman–Crippen LogP) is 2.23. The summed E-state index contributed by atoms with van der Waals surface area (Å²) in [5.41, 5.74) is 1.14. The Balaban J connectivity index is 2.69. The minimum atomic E-state index is -1.02. The molecule has 1 rings (SSSR count). The molecule has 0 saturated carbocycles. The summed E-state index contributed by atoms with van der Waals surface area (Å²) in [5, 5.41) is 11.2. The number of aliphatic carboxylic acids is 1. The van der Waals surface area contributed by atoms with Crippen molar-refractivity contribution in [2.45, 2.75) is 6.92 Å². The number of halogens is 1. The molecule has 0 amide bonds. The number of carboxylic acids is 1. The summed E-state index contributed by atoms with van der Waals surface area (Å²) in [6, 6.07) is 5.68. The molecule has 0 heterocycles. The molecule has 0 aliphatic heterocycles. The van der Waals surface area contributed by atoms with E-state index in [-0.39, 0.29) is 5.82 Å². The Morgan fingerprint density at radius 2 is 2.00 bits per heavy atom. The first-order valence-electron chi connectivity index (χ1n) is 4.02. The molecule has 2 N–H and O–H groups in total. The van der Waals surface area contributed by atoms with Gasteiger partial charge in [0, 0.05) is 17.5 Å². The second-order valence-electron chi connectivity index (χ2n) is 2.80. The van der Waals surface area contributed by atoms with Gasteiger partial charge < -0.3 is 10.4 Å². The van der Waals surface area contributed by atoms with Crippen molar-refractivity contribution >= 4 is 11.7 Å². The van der Waals surface area contributed by atoms with Crippen LogP contribution in [0.2, 0.25) is 0 Å². The van der Waals surface area contributed by atoms with Gasteiger partial charge in [-0.2, -0.15) is 0 Å². The van der Waals surface area contributed by atoms with E-state index in [0.29, 0.717) is 11.4 Å². The summed E-state index contributed by atoms with van der Waals surface area (Å²) in [7, 11) is 0. The fourth-order valence-electron chi connectivity index (χ4n) is 0.982. The van der Waals surface area contributed by atoms with Gasteiger partial charge in [0.05, 0.1) is 0 Å². The van der Waals surface area contributed by atoms with E-state index in [1.54, 1.807) is 6.92 Å². The first-order valence-corrected chi connectivity index (χ1v) is 4.02. The van der Waals surface area contributed by atoms with Crippen LogP contribution in [0.15, 0.2) is 36.0 Å². The average molecular weight is 195 g/mol. The normalized spacial score (nSPS) is 11.1. The molecule has 0 atom stereocenters. The SMILES string of the molecule is C/C(=C/C(=O)O)Nc1ccc(F)cc1. The smallest absolute Gasteiger partial charge is 0.330 e. The molecule has 0 aromatic heterocycles. The van der Waals surface area contributed by atoms with Crippen LogP contribution in [-0.4, -0.2) is 11.1 Å². The number of carboxylic acid groups (broad SMARTS) is 1. The highest BCUT2D eigenvalue weighted by Gasteiger charge is 1.95. The van der Waals surface area contributed by atoms with Crippen LogP contribution in [-0.2, 0) is 4.79 Å². The van der Waals surface area contributed by atoms with Crippen LogP contribution in [0.1, 0.15) is 6.92 Å². The van der Waals surface area contributed by atoms with Crippen LogP contribution in [0.25, 0.3) is 0 Å². The highest BCUT2D eigenvalue weighted by atomic mass is 19.1. The van der Waals surface area contributed by atoms with Gasteiger partial charge in [-0.05, 0) is 31.2 Å². The average Bonchev–Trinajstić information content (AvgIpc) is 2.07. The molecule has 3 nitrogen and oxygen atoms in total. The third kappa shape index (κ3) is 3.26. The topological polar surface area (TPSA) is 49.3 Å². The Hall–Kier alpha value is -1.84. The quantitative estimate of drug-likeness (QED) is 0.727. The molecular formula is C10H10FNO2. The lowest BCUT2D eigenvalue weighted by Crippen LogP contribution is -1.99. The Kier molecular flexibility index (Phi) is 3.23. The van der Waals surface area contributed by atoms with E-state index >= 15 is 0 Å². The van der Waals surface area contributed by atoms with E-state index in [2.05, 4.69) is 5.32 Å². The second kappa shape index (κ2) is 4.41. The molecule has 0 fully saturated rings. The Bertz CT molecular complexity index is 357. The van der Waals surface area contributed by atoms with Gasteiger partial charge in [-0.15, -0.1) is 0 Å². The molecule has 74 valence electrons. The van der Waals surface area contributed by atoms with Crippen LogP contribution in [0.3, 0.4) is 0 Å². The van der Waals surface area contributed by atoms with Crippen molar-refractivity contribution in [1.82, 2.24) is 0 Å². The molecule has 1 aromatic carbocycles. The first kappa shape index (κ1) is 10.2. The van der Waals surface area contributed by atoms with Gasteiger partial charge in [-0.25, -0.2) is 9.18 Å². The molecule has 0 radical (unpaired) electrons. The number of hydrogen-bond donors (Lipinski definition) is 2. The summed E-state index contributed by atoms with van der Waals surface area (Å²) < 4.78 is 12.5. The van der Waals surface area contributed by atoms with Gasteiger partial charge >= 0.3 is 5.97 Å². The third-order valence-corrected chi connectivity index (χ3v) is 1.53. The van der Waals surface area contributed by atoms with E-state index in [4.69, 9.17) is 5.11 Å². The fraction of sp³-hybridized carbons (Fsp3) is 0.100. The molecule has 1 aromatic rings. The number of allylic oxidation sites excluding steroid dienone is 1. The molecule has 0 aliphatic carbocycles. The monoisotopic (exact) mass is 195 g/mol. The molecule has 14 heavy (non-hydrogen) atoms. The van der Waals surface area contributed by atoms with Gasteiger partial charge in [0.2, 0.25) is 0 Å². The standard InChI is InChI=1S/C10H10FNO2/c1-7(6-10(13)14)12-9-4-2-8(11)3-5-9/h2-6,12H,1H3,(H,13,14)/b7-6-. The van der Waals surface area contributed by atoms with Crippen molar-refractivity contribution < 1.29 is 14.3 Å². The lowest BCUT2D eigenvalue weighted by Gasteiger charge is -2.04. The van der Waals surface area contributed by atoms with E-state index in [1.165, 1.54) is 24.3 Å². The minimum Gasteiger partial charge on any atom is -0.478 e. The Labute approximate surface area is 80.9 Å². The summed E-state index contributed by atoms with van der Waals surface area (Å²) in [6.45, 7) is 1.62. The Morgan fingerprint density at radius 1 is 1.43 bits per heavy atom. The van der Waals surface area contributed by atoms with Crippen molar-refractivity contribution in [3.63, 3.8) is 0 Å². The lowest BCUT2D eigenvalue weighted by atomic mass is 10.3. The zero-order valence-electron chi connectivity index (χ0n) is 7.62. The van der Waals surface area contributed by atoms with Crippen LogP contribution in [0.4, 0.5) is 10.1 Å².